The van der Waals surface area contributed by atoms with Gasteiger partial charge in [0.25, 0.3) is 0 Å². The second kappa shape index (κ2) is 9.67. The molecule has 154 valence electrons. The van der Waals surface area contributed by atoms with Gasteiger partial charge in [-0.25, -0.2) is 0 Å². The molecule has 0 heterocycles. The predicted molar refractivity (Wildman–Crippen MR) is 123 cm³/mol. The fourth-order valence-corrected chi connectivity index (χ4v) is 4.29. The quantitative estimate of drug-likeness (QED) is 0.263. The van der Waals surface area contributed by atoms with Crippen molar-refractivity contribution in [2.24, 2.45) is 0 Å². The maximum absolute atomic E-state index is 13.1. The number of carbonyl (C=O) groups excluding carboxylic acids is 1. The highest BCUT2D eigenvalue weighted by Crippen LogP contribution is 2.37. The summed E-state index contributed by atoms with van der Waals surface area (Å²) < 4.78 is 0. The SMILES string of the molecule is O=C(/C(=C\c1c(O)cc(O)cc1O)SCc1ccc(Cl)cc1Cl)c1ccc(Cl)cc1. The van der Waals surface area contributed by atoms with Gasteiger partial charge in [0.15, 0.2) is 5.78 Å². The Hall–Kier alpha value is -2.31. The molecule has 0 bridgehead atoms. The molecule has 3 aromatic carbocycles. The molecule has 0 aliphatic heterocycles. The first-order chi connectivity index (χ1) is 14.2. The summed E-state index contributed by atoms with van der Waals surface area (Å²) in [5.74, 6) is -0.999. The highest BCUT2D eigenvalue weighted by atomic mass is 35.5. The fourth-order valence-electron chi connectivity index (χ4n) is 2.60. The Morgan fingerprint density at radius 3 is 2.07 bits per heavy atom. The van der Waals surface area contributed by atoms with E-state index in [4.69, 9.17) is 34.8 Å². The number of phenols is 3. The van der Waals surface area contributed by atoms with Crippen LogP contribution in [0.3, 0.4) is 0 Å². The van der Waals surface area contributed by atoms with Crippen molar-refractivity contribution in [1.82, 2.24) is 0 Å². The summed E-state index contributed by atoms with van der Waals surface area (Å²) in [6.07, 6.45) is 1.37. The van der Waals surface area contributed by atoms with Crippen LogP contribution >= 0.6 is 46.6 Å². The molecule has 0 aliphatic carbocycles. The number of Topliss-reactive ketones (excluding diaryl/α,β-unsaturated/α-hetero) is 1. The van der Waals surface area contributed by atoms with Crippen LogP contribution in [0, 0.1) is 0 Å². The van der Waals surface area contributed by atoms with Crippen LogP contribution in [0.5, 0.6) is 17.2 Å². The van der Waals surface area contributed by atoms with Crippen molar-refractivity contribution in [3.05, 3.63) is 91.3 Å². The molecule has 0 unspecified atom stereocenters. The summed E-state index contributed by atoms with van der Waals surface area (Å²) in [6, 6.07) is 13.6. The molecular formula is C22H15Cl3O4S. The molecule has 8 heteroatoms. The van der Waals surface area contributed by atoms with E-state index in [0.29, 0.717) is 26.4 Å². The summed E-state index contributed by atoms with van der Waals surface area (Å²) in [7, 11) is 0. The van der Waals surface area contributed by atoms with Crippen molar-refractivity contribution in [2.45, 2.75) is 5.75 Å². The third-order valence-electron chi connectivity index (χ3n) is 4.13. The average Bonchev–Trinajstić information content (AvgIpc) is 2.68. The van der Waals surface area contributed by atoms with E-state index >= 15 is 0 Å². The van der Waals surface area contributed by atoms with Gasteiger partial charge >= 0.3 is 0 Å². The Bertz CT molecular complexity index is 1100. The van der Waals surface area contributed by atoms with Crippen LogP contribution in [-0.2, 0) is 5.75 Å². The molecule has 0 spiro atoms. The van der Waals surface area contributed by atoms with Crippen molar-refractivity contribution in [3.8, 4) is 17.2 Å². The van der Waals surface area contributed by atoms with Crippen LogP contribution in [0.1, 0.15) is 21.5 Å². The van der Waals surface area contributed by atoms with E-state index in [1.54, 1.807) is 42.5 Å². The monoisotopic (exact) mass is 480 g/mol. The summed E-state index contributed by atoms with van der Waals surface area (Å²) >= 11 is 19.3. The Labute approximate surface area is 192 Å². The third kappa shape index (κ3) is 5.43. The van der Waals surface area contributed by atoms with Crippen molar-refractivity contribution >= 4 is 58.4 Å². The lowest BCUT2D eigenvalue weighted by Gasteiger charge is -2.11. The molecule has 0 amide bonds. The first-order valence-corrected chi connectivity index (χ1v) is 10.7. The highest BCUT2D eigenvalue weighted by molar-refractivity contribution is 8.03. The Kier molecular flexibility index (Phi) is 7.21. The van der Waals surface area contributed by atoms with E-state index in [0.717, 1.165) is 17.7 Å². The molecule has 3 rings (SSSR count). The maximum Gasteiger partial charge on any atom is 0.199 e. The van der Waals surface area contributed by atoms with Gasteiger partial charge in [-0.1, -0.05) is 40.9 Å². The molecule has 0 radical (unpaired) electrons. The zero-order valence-corrected chi connectivity index (χ0v) is 18.4. The van der Waals surface area contributed by atoms with Crippen LogP contribution in [0.25, 0.3) is 6.08 Å². The maximum atomic E-state index is 13.1. The van der Waals surface area contributed by atoms with E-state index in [1.807, 2.05) is 0 Å². The van der Waals surface area contributed by atoms with Crippen LogP contribution in [0.2, 0.25) is 15.1 Å². The fraction of sp³-hybridized carbons (Fsp3) is 0.0455. The van der Waals surface area contributed by atoms with E-state index < -0.39 is 0 Å². The number of carbonyl (C=O) groups is 1. The average molecular weight is 482 g/mol. The summed E-state index contributed by atoms with van der Waals surface area (Å²) in [5, 5.41) is 31.2. The molecule has 0 saturated carbocycles. The second-order valence-corrected chi connectivity index (χ2v) is 8.56. The van der Waals surface area contributed by atoms with Gasteiger partial charge in [0, 0.05) is 38.5 Å². The number of aromatic hydroxyl groups is 3. The lowest BCUT2D eigenvalue weighted by Crippen LogP contribution is -2.01. The van der Waals surface area contributed by atoms with Gasteiger partial charge in [-0.05, 0) is 48.0 Å². The number of ketones is 1. The Morgan fingerprint density at radius 2 is 1.47 bits per heavy atom. The number of hydrogen-bond acceptors (Lipinski definition) is 5. The number of allylic oxidation sites excluding steroid dienone is 1. The number of thioether (sulfide) groups is 1. The normalized spacial score (nSPS) is 11.5. The van der Waals surface area contributed by atoms with Gasteiger partial charge in [-0.15, -0.1) is 11.8 Å². The van der Waals surface area contributed by atoms with E-state index in [9.17, 15) is 20.1 Å². The summed E-state index contributed by atoms with van der Waals surface area (Å²) in [5.41, 5.74) is 1.16. The number of rotatable bonds is 6. The minimum absolute atomic E-state index is 0.0137. The van der Waals surface area contributed by atoms with Crippen molar-refractivity contribution in [3.63, 3.8) is 0 Å². The third-order valence-corrected chi connectivity index (χ3v) is 6.03. The van der Waals surface area contributed by atoms with E-state index in [2.05, 4.69) is 0 Å². The van der Waals surface area contributed by atoms with Gasteiger partial charge in [-0.2, -0.15) is 0 Å². The number of hydrogen-bond donors (Lipinski definition) is 3. The van der Waals surface area contributed by atoms with E-state index in [-0.39, 0.29) is 33.5 Å². The lowest BCUT2D eigenvalue weighted by molar-refractivity contribution is 0.104. The molecule has 0 atom stereocenters. The minimum Gasteiger partial charge on any atom is -0.508 e. The molecule has 4 nitrogen and oxygen atoms in total. The zero-order chi connectivity index (χ0) is 21.8. The number of halogens is 3. The molecule has 0 saturated heterocycles. The molecule has 0 aromatic heterocycles. The van der Waals surface area contributed by atoms with Crippen molar-refractivity contribution < 1.29 is 20.1 Å². The van der Waals surface area contributed by atoms with Crippen molar-refractivity contribution in [2.75, 3.05) is 0 Å². The molecule has 0 fully saturated rings. The first-order valence-electron chi connectivity index (χ1n) is 8.58. The van der Waals surface area contributed by atoms with Crippen LogP contribution in [0.4, 0.5) is 0 Å². The molecule has 30 heavy (non-hydrogen) atoms. The summed E-state index contributed by atoms with van der Waals surface area (Å²) in [6.45, 7) is 0. The topological polar surface area (TPSA) is 77.8 Å². The largest absolute Gasteiger partial charge is 0.508 e. The molecule has 0 aliphatic rings. The van der Waals surface area contributed by atoms with Gasteiger partial charge < -0.3 is 15.3 Å². The lowest BCUT2D eigenvalue weighted by atomic mass is 10.1. The smallest absolute Gasteiger partial charge is 0.199 e. The molecular weight excluding hydrogens is 467 g/mol. The van der Waals surface area contributed by atoms with Gasteiger partial charge in [0.2, 0.25) is 0 Å². The number of phenolic OH excluding ortho intramolecular Hbond substituents is 3. The zero-order valence-electron chi connectivity index (χ0n) is 15.3. The number of benzene rings is 3. The standard InChI is InChI=1S/C22H15Cl3O4S/c23-14-4-1-12(2-5-14)22(29)21(10-17-19(27)8-16(26)9-20(17)28)30-11-13-3-6-15(24)7-18(13)25/h1-10,26-28H,11H2/b21-10+. The van der Waals surface area contributed by atoms with Gasteiger partial charge in [0.1, 0.15) is 17.2 Å². The molecule has 3 aromatic rings. The summed E-state index contributed by atoms with van der Waals surface area (Å²) in [4.78, 5) is 13.4. The van der Waals surface area contributed by atoms with Crippen molar-refractivity contribution in [1.29, 1.82) is 0 Å². The predicted octanol–water partition coefficient (Wildman–Crippen LogP) is 6.92. The highest BCUT2D eigenvalue weighted by Gasteiger charge is 2.17. The Morgan fingerprint density at radius 1 is 0.867 bits per heavy atom. The van der Waals surface area contributed by atoms with Crippen LogP contribution in [-0.4, -0.2) is 21.1 Å². The van der Waals surface area contributed by atoms with Crippen LogP contribution in [0.15, 0.2) is 59.5 Å². The van der Waals surface area contributed by atoms with E-state index in [1.165, 1.54) is 17.8 Å². The van der Waals surface area contributed by atoms with Gasteiger partial charge in [0.05, 0.1) is 10.5 Å². The van der Waals surface area contributed by atoms with Crippen LogP contribution < -0.4 is 0 Å². The minimum atomic E-state index is -0.362. The molecule has 3 N–H and O–H groups in total. The Balaban J connectivity index is 2.00. The van der Waals surface area contributed by atoms with Gasteiger partial charge in [-0.3, -0.25) is 4.79 Å². The second-order valence-electron chi connectivity index (χ2n) is 6.27. The first kappa shape index (κ1) is 22.4.